The van der Waals surface area contributed by atoms with Gasteiger partial charge in [-0.1, -0.05) is 28.1 Å². The van der Waals surface area contributed by atoms with Crippen LogP contribution in [0.4, 0.5) is 10.5 Å². The molecular formula is C17H20BrN5O4S2. The van der Waals surface area contributed by atoms with Crippen LogP contribution in [0.3, 0.4) is 0 Å². The van der Waals surface area contributed by atoms with Gasteiger partial charge in [-0.05, 0) is 29.6 Å². The number of hydrogen-bond acceptors (Lipinski definition) is 6. The molecule has 12 heteroatoms. The molecule has 1 aliphatic heterocycles. The predicted octanol–water partition coefficient (Wildman–Crippen LogP) is 1.45. The fourth-order valence-electron chi connectivity index (χ4n) is 2.92. The number of halogens is 1. The number of thiophene rings is 1. The second-order valence-electron chi connectivity index (χ2n) is 6.14. The lowest BCUT2D eigenvalue weighted by Crippen LogP contribution is -2.55. The third-order valence-corrected chi connectivity index (χ3v) is 7.92. The summed E-state index contributed by atoms with van der Waals surface area (Å²) >= 11 is 4.39. The Morgan fingerprint density at radius 3 is 2.69 bits per heavy atom. The maximum Gasteiger partial charge on any atom is 0.323 e. The first kappa shape index (κ1) is 21.7. The summed E-state index contributed by atoms with van der Waals surface area (Å²) < 4.78 is 28.0. The van der Waals surface area contributed by atoms with Crippen molar-refractivity contribution in [1.82, 2.24) is 14.5 Å². The summed E-state index contributed by atoms with van der Waals surface area (Å²) in [5, 5.41) is 6.93. The van der Waals surface area contributed by atoms with Crippen molar-refractivity contribution in [2.45, 2.75) is 10.4 Å². The van der Waals surface area contributed by atoms with Crippen LogP contribution in [0, 0.1) is 0 Å². The maximum atomic E-state index is 13.0. The van der Waals surface area contributed by atoms with Crippen LogP contribution in [0.2, 0.25) is 0 Å². The highest BCUT2D eigenvalue weighted by atomic mass is 79.9. The van der Waals surface area contributed by atoms with E-state index in [4.69, 9.17) is 5.73 Å². The van der Waals surface area contributed by atoms with Gasteiger partial charge in [0.25, 0.3) is 15.9 Å². The number of amides is 3. The van der Waals surface area contributed by atoms with E-state index in [1.807, 2.05) is 6.07 Å². The van der Waals surface area contributed by atoms with E-state index in [0.29, 0.717) is 5.69 Å². The normalized spacial score (nSPS) is 17.3. The van der Waals surface area contributed by atoms with Crippen molar-refractivity contribution in [2.24, 2.45) is 5.73 Å². The van der Waals surface area contributed by atoms with Crippen LogP contribution < -0.4 is 16.4 Å². The fraction of sp³-hybridized carbons (Fsp3) is 0.294. The number of carbonyl (C=O) groups is 2. The van der Waals surface area contributed by atoms with E-state index in [1.54, 1.807) is 29.6 Å². The van der Waals surface area contributed by atoms with Crippen molar-refractivity contribution >= 4 is 54.9 Å². The average Bonchev–Trinajstić information content (AvgIpc) is 3.36. The monoisotopic (exact) mass is 501 g/mol. The molecule has 1 aliphatic rings. The van der Waals surface area contributed by atoms with Gasteiger partial charge in [-0.3, -0.25) is 9.69 Å². The van der Waals surface area contributed by atoms with Crippen LogP contribution in [0.1, 0.15) is 0 Å². The van der Waals surface area contributed by atoms with Crippen molar-refractivity contribution in [3.8, 4) is 0 Å². The maximum absolute atomic E-state index is 13.0. The second kappa shape index (κ2) is 9.22. The Morgan fingerprint density at radius 2 is 2.03 bits per heavy atom. The highest BCUT2D eigenvalue weighted by Crippen LogP contribution is 2.28. The third kappa shape index (κ3) is 4.78. The molecule has 0 saturated carbocycles. The molecule has 2 aromatic rings. The minimum absolute atomic E-state index is 0.00679. The molecule has 1 fully saturated rings. The fourth-order valence-corrected chi connectivity index (χ4v) is 5.98. The SMILES string of the molecule is NCCNC(=O)C1N(C(=O)Nc2cccc(Br)c2)CCN1S(=O)(=O)c1cccs1. The minimum Gasteiger partial charge on any atom is -0.352 e. The molecule has 29 heavy (non-hydrogen) atoms. The van der Waals surface area contributed by atoms with E-state index in [1.165, 1.54) is 11.0 Å². The Bertz CT molecular complexity index is 983. The van der Waals surface area contributed by atoms with Crippen LogP contribution in [-0.4, -0.2) is 61.9 Å². The first-order valence-electron chi connectivity index (χ1n) is 8.71. The number of sulfonamides is 1. The Kier molecular flexibility index (Phi) is 6.90. The molecule has 3 amide bonds. The molecule has 1 saturated heterocycles. The Hall–Kier alpha value is -1.99. The zero-order valence-electron chi connectivity index (χ0n) is 15.2. The van der Waals surface area contributed by atoms with Crippen LogP contribution in [0.25, 0.3) is 0 Å². The number of nitrogens with one attached hydrogen (secondary N) is 2. The molecule has 1 atom stereocenters. The van der Waals surface area contributed by atoms with E-state index in [9.17, 15) is 18.0 Å². The number of nitrogens with zero attached hydrogens (tertiary/aromatic N) is 2. The zero-order valence-corrected chi connectivity index (χ0v) is 18.5. The predicted molar refractivity (Wildman–Crippen MR) is 114 cm³/mol. The van der Waals surface area contributed by atoms with E-state index in [-0.39, 0.29) is 30.4 Å². The summed E-state index contributed by atoms with van der Waals surface area (Å²) in [4.78, 5) is 26.8. The Labute approximate surface area is 181 Å². The number of benzene rings is 1. The van der Waals surface area contributed by atoms with E-state index in [0.717, 1.165) is 20.1 Å². The molecule has 156 valence electrons. The van der Waals surface area contributed by atoms with Gasteiger partial charge in [0.15, 0.2) is 6.17 Å². The first-order valence-corrected chi connectivity index (χ1v) is 11.8. The van der Waals surface area contributed by atoms with Gasteiger partial charge in [-0.2, -0.15) is 4.31 Å². The topological polar surface area (TPSA) is 125 Å². The molecule has 4 N–H and O–H groups in total. The molecule has 0 spiro atoms. The van der Waals surface area contributed by atoms with Gasteiger partial charge in [0, 0.05) is 36.3 Å². The lowest BCUT2D eigenvalue weighted by atomic mass is 10.3. The highest BCUT2D eigenvalue weighted by molar-refractivity contribution is 9.10. The molecule has 9 nitrogen and oxygen atoms in total. The Morgan fingerprint density at radius 1 is 1.24 bits per heavy atom. The summed E-state index contributed by atoms with van der Waals surface area (Å²) in [7, 11) is -3.93. The van der Waals surface area contributed by atoms with Gasteiger partial charge in [0.1, 0.15) is 4.21 Å². The van der Waals surface area contributed by atoms with Crippen LogP contribution >= 0.6 is 27.3 Å². The van der Waals surface area contributed by atoms with Gasteiger partial charge >= 0.3 is 6.03 Å². The third-order valence-electron chi connectivity index (χ3n) is 4.20. The van der Waals surface area contributed by atoms with E-state index in [2.05, 4.69) is 26.6 Å². The molecule has 1 aromatic heterocycles. The molecule has 2 heterocycles. The molecule has 1 aromatic carbocycles. The molecule has 3 rings (SSSR count). The molecular weight excluding hydrogens is 482 g/mol. The molecule has 0 bridgehead atoms. The van der Waals surface area contributed by atoms with Gasteiger partial charge in [-0.15, -0.1) is 11.3 Å². The van der Waals surface area contributed by atoms with Crippen molar-refractivity contribution in [3.05, 3.63) is 46.3 Å². The van der Waals surface area contributed by atoms with E-state index >= 15 is 0 Å². The smallest absolute Gasteiger partial charge is 0.323 e. The van der Waals surface area contributed by atoms with Crippen molar-refractivity contribution in [3.63, 3.8) is 0 Å². The first-order chi connectivity index (χ1) is 13.8. The van der Waals surface area contributed by atoms with Gasteiger partial charge in [0.05, 0.1) is 0 Å². The number of anilines is 1. The number of carbonyl (C=O) groups excluding carboxylic acids is 2. The largest absolute Gasteiger partial charge is 0.352 e. The summed E-state index contributed by atoms with van der Waals surface area (Å²) in [5.41, 5.74) is 5.96. The number of rotatable bonds is 6. The van der Waals surface area contributed by atoms with Crippen LogP contribution in [-0.2, 0) is 14.8 Å². The lowest BCUT2D eigenvalue weighted by molar-refractivity contribution is -0.127. The number of nitrogens with two attached hydrogens (primary N) is 1. The van der Waals surface area contributed by atoms with Crippen molar-refractivity contribution in [1.29, 1.82) is 0 Å². The quantitative estimate of drug-likeness (QED) is 0.552. The van der Waals surface area contributed by atoms with Gasteiger partial charge < -0.3 is 16.4 Å². The second-order valence-corrected chi connectivity index (χ2v) is 10.1. The summed E-state index contributed by atoms with van der Waals surface area (Å²) in [6, 6.07) is 9.49. The summed E-state index contributed by atoms with van der Waals surface area (Å²) in [6.07, 6.45) is -1.30. The van der Waals surface area contributed by atoms with Crippen LogP contribution in [0.5, 0.6) is 0 Å². The van der Waals surface area contributed by atoms with Gasteiger partial charge in [-0.25, -0.2) is 13.2 Å². The lowest BCUT2D eigenvalue weighted by Gasteiger charge is -2.28. The molecule has 0 aliphatic carbocycles. The Balaban J connectivity index is 1.88. The number of urea groups is 1. The summed E-state index contributed by atoms with van der Waals surface area (Å²) in [5.74, 6) is -0.600. The highest BCUT2D eigenvalue weighted by Gasteiger charge is 2.46. The molecule has 1 unspecified atom stereocenters. The molecule has 0 radical (unpaired) electrons. The number of hydrogen-bond donors (Lipinski definition) is 3. The van der Waals surface area contributed by atoms with E-state index < -0.39 is 28.1 Å². The van der Waals surface area contributed by atoms with Crippen LogP contribution in [0.15, 0.2) is 50.5 Å². The average molecular weight is 502 g/mol. The standard InChI is InChI=1S/C17H20BrN5O4S2/c18-12-3-1-4-13(11-12)21-17(25)22-8-9-23(16(22)15(24)20-7-6-19)29(26,27)14-5-2-10-28-14/h1-5,10-11,16H,6-9,19H2,(H,20,24)(H,21,25). The van der Waals surface area contributed by atoms with Gasteiger partial charge in [0.2, 0.25) is 0 Å². The zero-order chi connectivity index (χ0) is 21.0. The van der Waals surface area contributed by atoms with Crippen molar-refractivity contribution in [2.75, 3.05) is 31.5 Å². The summed E-state index contributed by atoms with van der Waals surface area (Å²) in [6.45, 7) is 0.446. The minimum atomic E-state index is -3.93. The van der Waals surface area contributed by atoms with Crippen molar-refractivity contribution < 1.29 is 18.0 Å².